The standard InChI is InChI=1S/C70H128O6/c1-4-7-10-13-16-19-22-24-26-28-29-30-31-32-33-34-35-36-37-38-39-40-41-43-44-46-48-51-54-57-60-63-69(72)75-66-67(65-74-68(71)62-59-56-53-50-21-18-15-12-9-6-3)76-70(73)64-61-58-55-52-49-47-45-42-27-25-23-20-17-14-11-8-5-2/h7,10,16,19,24,26,29-30,67H,4-6,8-9,11-15,17-18,20-23,25,27-28,31-66H2,1-3H3/b10-7-,19-16-,26-24-,30-29-. The van der Waals surface area contributed by atoms with E-state index in [1.807, 2.05) is 0 Å². The van der Waals surface area contributed by atoms with Crippen molar-refractivity contribution in [3.63, 3.8) is 0 Å². The minimum atomic E-state index is -0.766. The number of carbonyl (C=O) groups is 3. The number of unbranched alkanes of at least 4 members (excludes halogenated alkanes) is 43. The van der Waals surface area contributed by atoms with Gasteiger partial charge >= 0.3 is 17.9 Å². The third-order valence-corrected chi connectivity index (χ3v) is 15.1. The number of hydrogen-bond acceptors (Lipinski definition) is 6. The van der Waals surface area contributed by atoms with E-state index < -0.39 is 6.10 Å². The summed E-state index contributed by atoms with van der Waals surface area (Å²) in [6.07, 6.45) is 81.4. The van der Waals surface area contributed by atoms with Gasteiger partial charge in [0.05, 0.1) is 0 Å². The van der Waals surface area contributed by atoms with E-state index in [1.165, 1.54) is 238 Å². The van der Waals surface area contributed by atoms with Crippen molar-refractivity contribution in [2.75, 3.05) is 13.2 Å². The average molecular weight is 1070 g/mol. The van der Waals surface area contributed by atoms with Gasteiger partial charge in [0, 0.05) is 19.3 Å². The van der Waals surface area contributed by atoms with Crippen molar-refractivity contribution < 1.29 is 28.6 Å². The molecule has 1 atom stereocenters. The van der Waals surface area contributed by atoms with Crippen molar-refractivity contribution in [2.24, 2.45) is 0 Å². The molecule has 444 valence electrons. The molecule has 0 fully saturated rings. The van der Waals surface area contributed by atoms with E-state index in [-0.39, 0.29) is 31.1 Å². The van der Waals surface area contributed by atoms with Crippen LogP contribution in [-0.4, -0.2) is 37.2 Å². The van der Waals surface area contributed by atoms with E-state index in [0.29, 0.717) is 19.3 Å². The van der Waals surface area contributed by atoms with Gasteiger partial charge in [0.15, 0.2) is 6.10 Å². The van der Waals surface area contributed by atoms with Crippen LogP contribution < -0.4 is 0 Å². The van der Waals surface area contributed by atoms with Crippen molar-refractivity contribution in [3.8, 4) is 0 Å². The second kappa shape index (κ2) is 64.9. The molecule has 0 saturated carbocycles. The van der Waals surface area contributed by atoms with Crippen LogP contribution in [0.15, 0.2) is 48.6 Å². The summed E-state index contributed by atoms with van der Waals surface area (Å²) >= 11 is 0. The maximum atomic E-state index is 12.9. The fraction of sp³-hybridized carbons (Fsp3) is 0.843. The molecule has 0 aliphatic heterocycles. The molecule has 0 spiro atoms. The highest BCUT2D eigenvalue weighted by Gasteiger charge is 2.19. The molecule has 6 nitrogen and oxygen atoms in total. The summed E-state index contributed by atoms with van der Waals surface area (Å²) in [7, 11) is 0. The van der Waals surface area contributed by atoms with Crippen molar-refractivity contribution in [1.29, 1.82) is 0 Å². The number of hydrogen-bond donors (Lipinski definition) is 0. The molecule has 0 aromatic heterocycles. The predicted molar refractivity (Wildman–Crippen MR) is 330 cm³/mol. The Labute approximate surface area is 473 Å². The summed E-state index contributed by atoms with van der Waals surface area (Å²) in [4.78, 5) is 38.2. The van der Waals surface area contributed by atoms with Crippen LogP contribution in [0.3, 0.4) is 0 Å². The van der Waals surface area contributed by atoms with E-state index in [2.05, 4.69) is 69.4 Å². The molecule has 0 amide bonds. The van der Waals surface area contributed by atoms with E-state index in [1.54, 1.807) is 0 Å². The van der Waals surface area contributed by atoms with Gasteiger partial charge in [-0.05, 0) is 57.8 Å². The fourth-order valence-electron chi connectivity index (χ4n) is 10.1. The Morgan fingerprint density at radius 2 is 0.513 bits per heavy atom. The molecule has 0 rings (SSSR count). The van der Waals surface area contributed by atoms with Crippen molar-refractivity contribution >= 4 is 17.9 Å². The highest BCUT2D eigenvalue weighted by atomic mass is 16.6. The number of esters is 3. The molecule has 0 saturated heterocycles. The van der Waals surface area contributed by atoms with Crippen LogP contribution in [0.1, 0.15) is 361 Å². The molecule has 0 bridgehead atoms. The van der Waals surface area contributed by atoms with Crippen LogP contribution in [0.2, 0.25) is 0 Å². The molecule has 0 aliphatic rings. The third kappa shape index (κ3) is 62.2. The molecule has 6 heteroatoms. The molecule has 0 N–H and O–H groups in total. The lowest BCUT2D eigenvalue weighted by Crippen LogP contribution is -2.30. The molecular formula is C70H128O6. The zero-order valence-electron chi connectivity index (χ0n) is 51.0. The van der Waals surface area contributed by atoms with Gasteiger partial charge in [0.2, 0.25) is 0 Å². The highest BCUT2D eigenvalue weighted by molar-refractivity contribution is 5.71. The molecule has 0 aromatic carbocycles. The minimum absolute atomic E-state index is 0.0655. The average Bonchev–Trinajstić information content (AvgIpc) is 3.42. The molecule has 1 unspecified atom stereocenters. The largest absolute Gasteiger partial charge is 0.462 e. The van der Waals surface area contributed by atoms with Crippen LogP contribution in [-0.2, 0) is 28.6 Å². The molecule has 0 radical (unpaired) electrons. The Morgan fingerprint density at radius 1 is 0.276 bits per heavy atom. The number of ether oxygens (including phenoxy) is 3. The lowest BCUT2D eigenvalue weighted by molar-refractivity contribution is -0.167. The van der Waals surface area contributed by atoms with Crippen LogP contribution >= 0.6 is 0 Å². The number of carbonyl (C=O) groups excluding carboxylic acids is 3. The van der Waals surface area contributed by atoms with Gasteiger partial charge in [-0.15, -0.1) is 0 Å². The molecule has 0 aliphatic carbocycles. The van der Waals surface area contributed by atoms with Gasteiger partial charge in [0.1, 0.15) is 13.2 Å². The van der Waals surface area contributed by atoms with Crippen molar-refractivity contribution in [1.82, 2.24) is 0 Å². The number of allylic oxidation sites excluding steroid dienone is 8. The lowest BCUT2D eigenvalue weighted by Gasteiger charge is -2.18. The first-order valence-corrected chi connectivity index (χ1v) is 33.6. The molecule has 76 heavy (non-hydrogen) atoms. The van der Waals surface area contributed by atoms with Crippen molar-refractivity contribution in [2.45, 2.75) is 367 Å². The monoisotopic (exact) mass is 1060 g/mol. The Balaban J connectivity index is 4.09. The normalized spacial score (nSPS) is 12.3. The topological polar surface area (TPSA) is 78.9 Å². The second-order valence-electron chi connectivity index (χ2n) is 22.7. The SMILES string of the molecule is CC/C=C\C/C=C\C/C=C\C/C=C\CCCCCCCCCCCCCCCCCCCCC(=O)OCC(COC(=O)CCCCCCCCCCCC)OC(=O)CCCCCCCCCCCCCCCCCCC. The Hall–Kier alpha value is -2.63. The van der Waals surface area contributed by atoms with Crippen LogP contribution in [0.5, 0.6) is 0 Å². The van der Waals surface area contributed by atoms with Crippen LogP contribution in [0.25, 0.3) is 0 Å². The van der Waals surface area contributed by atoms with Crippen LogP contribution in [0, 0.1) is 0 Å². The molecule has 0 aromatic rings. The first-order valence-electron chi connectivity index (χ1n) is 33.6. The fourth-order valence-corrected chi connectivity index (χ4v) is 10.1. The Kier molecular flexibility index (Phi) is 62.6. The summed E-state index contributed by atoms with van der Waals surface area (Å²) < 4.78 is 16.9. The van der Waals surface area contributed by atoms with Crippen LogP contribution in [0.4, 0.5) is 0 Å². The van der Waals surface area contributed by atoms with Gasteiger partial charge < -0.3 is 14.2 Å². The van der Waals surface area contributed by atoms with Gasteiger partial charge in [-0.2, -0.15) is 0 Å². The second-order valence-corrected chi connectivity index (χ2v) is 22.7. The van der Waals surface area contributed by atoms with Gasteiger partial charge in [-0.3, -0.25) is 14.4 Å². The molecular weight excluding hydrogens is 937 g/mol. The smallest absolute Gasteiger partial charge is 0.306 e. The highest BCUT2D eigenvalue weighted by Crippen LogP contribution is 2.18. The van der Waals surface area contributed by atoms with Gasteiger partial charge in [-0.25, -0.2) is 0 Å². The Morgan fingerprint density at radius 3 is 0.803 bits per heavy atom. The third-order valence-electron chi connectivity index (χ3n) is 15.1. The first-order chi connectivity index (χ1) is 37.5. The minimum Gasteiger partial charge on any atom is -0.462 e. The summed E-state index contributed by atoms with van der Waals surface area (Å²) in [6.45, 7) is 6.58. The van der Waals surface area contributed by atoms with E-state index in [9.17, 15) is 14.4 Å². The zero-order valence-corrected chi connectivity index (χ0v) is 51.0. The van der Waals surface area contributed by atoms with E-state index in [4.69, 9.17) is 14.2 Å². The first kappa shape index (κ1) is 73.4. The summed E-state index contributed by atoms with van der Waals surface area (Å²) in [5, 5.41) is 0. The van der Waals surface area contributed by atoms with Crippen molar-refractivity contribution in [3.05, 3.63) is 48.6 Å². The summed E-state index contributed by atoms with van der Waals surface area (Å²) in [6, 6.07) is 0. The van der Waals surface area contributed by atoms with E-state index in [0.717, 1.165) is 83.5 Å². The quantitative estimate of drug-likeness (QED) is 0.0261. The van der Waals surface area contributed by atoms with Gasteiger partial charge in [-0.1, -0.05) is 333 Å². The maximum Gasteiger partial charge on any atom is 0.306 e. The number of rotatable bonds is 62. The summed E-state index contributed by atoms with van der Waals surface area (Å²) in [5.74, 6) is -0.841. The maximum absolute atomic E-state index is 12.9. The predicted octanol–water partition coefficient (Wildman–Crippen LogP) is 22.9. The zero-order chi connectivity index (χ0) is 55.0. The van der Waals surface area contributed by atoms with Gasteiger partial charge in [0.25, 0.3) is 0 Å². The Bertz CT molecular complexity index is 1310. The summed E-state index contributed by atoms with van der Waals surface area (Å²) in [5.41, 5.74) is 0. The lowest BCUT2D eigenvalue weighted by atomic mass is 10.0. The molecule has 0 heterocycles. The van der Waals surface area contributed by atoms with E-state index >= 15 is 0 Å².